The molecule has 0 spiro atoms. The van der Waals surface area contributed by atoms with Gasteiger partial charge >= 0.3 is 6.18 Å². The highest BCUT2D eigenvalue weighted by molar-refractivity contribution is 5.78. The van der Waals surface area contributed by atoms with Gasteiger partial charge in [0.15, 0.2) is 0 Å². The van der Waals surface area contributed by atoms with Gasteiger partial charge in [-0.25, -0.2) is 4.98 Å². The van der Waals surface area contributed by atoms with Crippen molar-refractivity contribution in [2.75, 3.05) is 0 Å². The molecule has 0 atom stereocenters. The number of halogens is 3. The van der Waals surface area contributed by atoms with E-state index in [0.717, 1.165) is 23.3 Å². The second-order valence-corrected chi connectivity index (χ2v) is 10.3. The van der Waals surface area contributed by atoms with Gasteiger partial charge in [0.05, 0.1) is 16.8 Å². The van der Waals surface area contributed by atoms with Crippen LogP contribution in [0, 0.1) is 0 Å². The maximum absolute atomic E-state index is 13.9. The largest absolute Gasteiger partial charge is 0.488 e. The summed E-state index contributed by atoms with van der Waals surface area (Å²) in [5.74, 6) is 1.39. The second-order valence-electron chi connectivity index (χ2n) is 10.3. The van der Waals surface area contributed by atoms with Crippen molar-refractivity contribution in [1.29, 1.82) is 0 Å². The number of carbonyl (C=O) groups is 1. The molecule has 1 aromatic heterocycles. The lowest BCUT2D eigenvalue weighted by Gasteiger charge is -2.15. The van der Waals surface area contributed by atoms with Crippen LogP contribution in [0.2, 0.25) is 0 Å². The standard InChI is InChI=1S/C37H27F3N2O3/c38-37(39,40)29-19-28(23-43)20-30(21-29)42-22-33(31-15-7-9-17-34(31)44-24-26-11-3-1-4-12-26)41-36(42)32-16-8-10-18-35(32)45-25-27-13-5-2-6-14-27/h1-23H,24-25H2. The molecule has 0 aliphatic heterocycles. The minimum absolute atomic E-state index is 0.110. The van der Waals surface area contributed by atoms with Crippen LogP contribution in [0.5, 0.6) is 11.5 Å². The van der Waals surface area contributed by atoms with E-state index < -0.39 is 11.7 Å². The van der Waals surface area contributed by atoms with Crippen LogP contribution in [-0.2, 0) is 19.4 Å². The predicted octanol–water partition coefficient (Wildman–Crippen LogP) is 9.20. The van der Waals surface area contributed by atoms with Crippen molar-refractivity contribution in [3.8, 4) is 39.8 Å². The maximum atomic E-state index is 13.9. The molecule has 0 bridgehead atoms. The molecular formula is C37H27F3N2O3. The van der Waals surface area contributed by atoms with Gasteiger partial charge in [-0.3, -0.25) is 9.36 Å². The third kappa shape index (κ3) is 6.80. The summed E-state index contributed by atoms with van der Waals surface area (Å²) in [5, 5.41) is 0. The number of para-hydroxylation sites is 2. The van der Waals surface area contributed by atoms with Crippen LogP contribution in [0.15, 0.2) is 134 Å². The number of imidazole rings is 1. The average molecular weight is 605 g/mol. The Morgan fingerprint density at radius 3 is 1.78 bits per heavy atom. The number of ether oxygens (including phenoxy) is 2. The zero-order chi connectivity index (χ0) is 31.2. The summed E-state index contributed by atoms with van der Waals surface area (Å²) >= 11 is 0. The Bertz CT molecular complexity index is 1920. The van der Waals surface area contributed by atoms with Gasteiger partial charge in [0.25, 0.3) is 0 Å². The first-order valence-electron chi connectivity index (χ1n) is 14.2. The smallest absolute Gasteiger partial charge is 0.416 e. The molecular weight excluding hydrogens is 577 g/mol. The lowest BCUT2D eigenvalue weighted by atomic mass is 10.1. The molecule has 45 heavy (non-hydrogen) atoms. The normalized spacial score (nSPS) is 11.3. The molecule has 0 radical (unpaired) electrons. The van der Waals surface area contributed by atoms with E-state index in [2.05, 4.69) is 0 Å². The third-order valence-electron chi connectivity index (χ3n) is 7.15. The predicted molar refractivity (Wildman–Crippen MR) is 166 cm³/mol. The molecule has 0 aliphatic carbocycles. The molecule has 224 valence electrons. The summed E-state index contributed by atoms with van der Waals surface area (Å²) in [5.41, 5.74) is 2.69. The molecule has 0 saturated heterocycles. The van der Waals surface area contributed by atoms with E-state index in [0.29, 0.717) is 47.0 Å². The van der Waals surface area contributed by atoms with Crippen molar-refractivity contribution >= 4 is 6.29 Å². The zero-order valence-electron chi connectivity index (χ0n) is 23.9. The quantitative estimate of drug-likeness (QED) is 0.146. The Labute approximate surface area is 258 Å². The Morgan fingerprint density at radius 2 is 1.20 bits per heavy atom. The molecule has 5 nitrogen and oxygen atoms in total. The molecule has 0 unspecified atom stereocenters. The van der Waals surface area contributed by atoms with E-state index in [1.165, 1.54) is 6.07 Å². The first-order chi connectivity index (χ1) is 21.9. The van der Waals surface area contributed by atoms with Crippen LogP contribution < -0.4 is 9.47 Å². The summed E-state index contributed by atoms with van der Waals surface area (Å²) in [7, 11) is 0. The van der Waals surface area contributed by atoms with Crippen molar-refractivity contribution in [3.05, 3.63) is 156 Å². The maximum Gasteiger partial charge on any atom is 0.416 e. The summed E-state index contributed by atoms with van der Waals surface area (Å²) in [6, 6.07) is 37.1. The second kappa shape index (κ2) is 12.9. The first-order valence-corrected chi connectivity index (χ1v) is 14.2. The number of hydrogen-bond acceptors (Lipinski definition) is 4. The highest BCUT2D eigenvalue weighted by atomic mass is 19.4. The van der Waals surface area contributed by atoms with E-state index in [4.69, 9.17) is 14.5 Å². The highest BCUT2D eigenvalue weighted by Gasteiger charge is 2.32. The fraction of sp³-hybridized carbons (Fsp3) is 0.0811. The van der Waals surface area contributed by atoms with Gasteiger partial charge in [-0.1, -0.05) is 84.9 Å². The number of nitrogens with zero attached hydrogens (tertiary/aromatic N) is 2. The zero-order valence-corrected chi connectivity index (χ0v) is 23.9. The van der Waals surface area contributed by atoms with Crippen LogP contribution in [0.3, 0.4) is 0 Å². The van der Waals surface area contributed by atoms with Crippen molar-refractivity contribution in [2.24, 2.45) is 0 Å². The number of alkyl halides is 3. The van der Waals surface area contributed by atoms with Gasteiger partial charge in [0, 0.05) is 23.0 Å². The summed E-state index contributed by atoms with van der Waals surface area (Å²) in [4.78, 5) is 16.7. The molecule has 6 aromatic rings. The minimum Gasteiger partial charge on any atom is -0.488 e. The number of carbonyl (C=O) groups excluding carboxylic acids is 1. The van der Waals surface area contributed by atoms with Crippen LogP contribution in [-0.4, -0.2) is 15.8 Å². The van der Waals surface area contributed by atoms with Crippen LogP contribution >= 0.6 is 0 Å². The van der Waals surface area contributed by atoms with Crippen LogP contribution in [0.25, 0.3) is 28.3 Å². The van der Waals surface area contributed by atoms with Crippen LogP contribution in [0.1, 0.15) is 27.0 Å². The molecule has 0 saturated carbocycles. The van der Waals surface area contributed by atoms with Gasteiger partial charge in [-0.15, -0.1) is 0 Å². The molecule has 0 amide bonds. The number of aldehydes is 1. The van der Waals surface area contributed by atoms with Crippen LogP contribution in [0.4, 0.5) is 13.2 Å². The number of hydrogen-bond donors (Lipinski definition) is 0. The van der Waals surface area contributed by atoms with Gasteiger partial charge < -0.3 is 9.47 Å². The number of rotatable bonds is 10. The van der Waals surface area contributed by atoms with Crippen molar-refractivity contribution in [1.82, 2.24) is 9.55 Å². The molecule has 1 heterocycles. The molecule has 0 N–H and O–H groups in total. The Hall–Kier alpha value is -5.63. The third-order valence-corrected chi connectivity index (χ3v) is 7.15. The van der Waals surface area contributed by atoms with E-state index >= 15 is 0 Å². The van der Waals surface area contributed by atoms with Gasteiger partial charge in [-0.05, 0) is 53.6 Å². The molecule has 0 aliphatic rings. The number of benzene rings is 5. The topological polar surface area (TPSA) is 53.4 Å². The molecule has 5 aromatic carbocycles. The fourth-order valence-electron chi connectivity index (χ4n) is 4.95. The Morgan fingerprint density at radius 1 is 0.667 bits per heavy atom. The van der Waals surface area contributed by atoms with Gasteiger partial charge in [0.2, 0.25) is 0 Å². The SMILES string of the molecule is O=Cc1cc(-n2cc(-c3ccccc3OCc3ccccc3)nc2-c2ccccc2OCc2ccccc2)cc(C(F)(F)F)c1. The molecule has 6 rings (SSSR count). The number of aromatic nitrogens is 2. The molecule has 0 fully saturated rings. The highest BCUT2D eigenvalue weighted by Crippen LogP contribution is 2.38. The van der Waals surface area contributed by atoms with E-state index in [-0.39, 0.29) is 17.9 Å². The summed E-state index contributed by atoms with van der Waals surface area (Å²) < 4.78 is 55.7. The lowest BCUT2D eigenvalue weighted by Crippen LogP contribution is -2.08. The first kappa shape index (κ1) is 29.4. The Balaban J connectivity index is 1.48. The van der Waals surface area contributed by atoms with Crippen molar-refractivity contribution < 1.29 is 27.4 Å². The summed E-state index contributed by atoms with van der Waals surface area (Å²) in [6.45, 7) is 0.596. The fourth-order valence-corrected chi connectivity index (χ4v) is 4.95. The Kier molecular flexibility index (Phi) is 8.46. The van der Waals surface area contributed by atoms with Crippen molar-refractivity contribution in [2.45, 2.75) is 19.4 Å². The molecule has 8 heteroatoms. The van der Waals surface area contributed by atoms with E-state index in [1.54, 1.807) is 22.9 Å². The van der Waals surface area contributed by atoms with E-state index in [9.17, 15) is 18.0 Å². The van der Waals surface area contributed by atoms with E-state index in [1.807, 2.05) is 97.1 Å². The van der Waals surface area contributed by atoms with Gasteiger partial charge in [0.1, 0.15) is 36.8 Å². The summed E-state index contributed by atoms with van der Waals surface area (Å²) in [6.07, 6.45) is -2.61. The monoisotopic (exact) mass is 604 g/mol. The van der Waals surface area contributed by atoms with Crippen molar-refractivity contribution in [3.63, 3.8) is 0 Å². The average Bonchev–Trinajstić information content (AvgIpc) is 3.52. The lowest BCUT2D eigenvalue weighted by molar-refractivity contribution is -0.137. The minimum atomic E-state index is -4.66. The van der Waals surface area contributed by atoms with Gasteiger partial charge in [-0.2, -0.15) is 13.2 Å².